The molecule has 2 rings (SSSR count). The first-order valence-electron chi connectivity index (χ1n) is 5.94. The Morgan fingerprint density at radius 2 is 1.75 bits per heavy atom. The molecule has 0 spiro atoms. The second kappa shape index (κ2) is 3.02. The van der Waals surface area contributed by atoms with E-state index in [4.69, 9.17) is 0 Å². The maximum Gasteiger partial charge on any atom is 0.155 e. The number of hydrogen-bond acceptors (Lipinski definition) is 3. The predicted octanol–water partition coefficient (Wildman–Crippen LogP) is 1.61. The Morgan fingerprint density at radius 3 is 2.00 bits per heavy atom. The SMILES string of the molecule is CC1(C)CC1(CO)C1CCS(=O)(=O)C1(C)C. The van der Waals surface area contributed by atoms with Crippen molar-refractivity contribution < 1.29 is 13.5 Å². The van der Waals surface area contributed by atoms with Gasteiger partial charge in [0, 0.05) is 12.0 Å². The molecule has 0 aromatic rings. The van der Waals surface area contributed by atoms with Gasteiger partial charge in [-0.1, -0.05) is 13.8 Å². The van der Waals surface area contributed by atoms with E-state index < -0.39 is 14.6 Å². The third-order valence-corrected chi connectivity index (χ3v) is 7.91. The lowest BCUT2D eigenvalue weighted by Crippen LogP contribution is -2.41. The molecule has 0 amide bonds. The van der Waals surface area contributed by atoms with Crippen LogP contribution in [-0.4, -0.2) is 30.6 Å². The fraction of sp³-hybridized carbons (Fsp3) is 1.00. The second-order valence-electron chi connectivity index (χ2n) is 6.64. The van der Waals surface area contributed by atoms with Gasteiger partial charge in [0.25, 0.3) is 0 Å². The van der Waals surface area contributed by atoms with E-state index in [1.165, 1.54) is 0 Å². The highest BCUT2D eigenvalue weighted by Gasteiger charge is 2.70. The summed E-state index contributed by atoms with van der Waals surface area (Å²) in [7, 11) is -2.99. The van der Waals surface area contributed by atoms with E-state index in [9.17, 15) is 13.5 Å². The molecule has 1 aliphatic heterocycles. The monoisotopic (exact) mass is 246 g/mol. The summed E-state index contributed by atoms with van der Waals surface area (Å²) < 4.78 is 23.3. The average Bonchev–Trinajstić information content (AvgIpc) is 2.60. The zero-order valence-corrected chi connectivity index (χ0v) is 11.4. The van der Waals surface area contributed by atoms with Gasteiger partial charge in [0.15, 0.2) is 9.84 Å². The van der Waals surface area contributed by atoms with Crippen molar-refractivity contribution in [2.24, 2.45) is 16.7 Å². The highest BCUT2D eigenvalue weighted by Crippen LogP contribution is 2.71. The van der Waals surface area contributed by atoms with Crippen LogP contribution in [0.1, 0.15) is 40.5 Å². The van der Waals surface area contributed by atoms with Gasteiger partial charge in [-0.25, -0.2) is 8.42 Å². The van der Waals surface area contributed by atoms with Crippen molar-refractivity contribution in [1.82, 2.24) is 0 Å². The predicted molar refractivity (Wildman–Crippen MR) is 63.9 cm³/mol. The van der Waals surface area contributed by atoms with Gasteiger partial charge in [-0.05, 0) is 38.0 Å². The van der Waals surface area contributed by atoms with Gasteiger partial charge in [0.1, 0.15) is 0 Å². The lowest BCUT2D eigenvalue weighted by molar-refractivity contribution is 0.105. The summed E-state index contributed by atoms with van der Waals surface area (Å²) in [4.78, 5) is 0. The Hall–Kier alpha value is -0.0900. The van der Waals surface area contributed by atoms with Crippen LogP contribution in [0, 0.1) is 16.7 Å². The van der Waals surface area contributed by atoms with E-state index in [0.717, 1.165) is 6.42 Å². The van der Waals surface area contributed by atoms with Crippen LogP contribution in [0.3, 0.4) is 0 Å². The van der Waals surface area contributed by atoms with Crippen molar-refractivity contribution in [2.75, 3.05) is 12.4 Å². The summed E-state index contributed by atoms with van der Waals surface area (Å²) in [6.45, 7) is 8.02. The van der Waals surface area contributed by atoms with Gasteiger partial charge in [-0.15, -0.1) is 0 Å². The first kappa shape index (κ1) is 12.4. The smallest absolute Gasteiger partial charge is 0.155 e. The molecule has 0 radical (unpaired) electrons. The number of sulfone groups is 1. The van der Waals surface area contributed by atoms with Crippen molar-refractivity contribution in [3.8, 4) is 0 Å². The van der Waals surface area contributed by atoms with E-state index in [1.807, 2.05) is 13.8 Å². The third kappa shape index (κ3) is 1.26. The fourth-order valence-electron chi connectivity index (χ4n) is 3.76. The summed E-state index contributed by atoms with van der Waals surface area (Å²) >= 11 is 0. The summed E-state index contributed by atoms with van der Waals surface area (Å²) in [5.41, 5.74) is -0.0797. The van der Waals surface area contributed by atoms with Crippen LogP contribution in [0.15, 0.2) is 0 Å². The number of hydrogen-bond donors (Lipinski definition) is 1. The zero-order chi connectivity index (χ0) is 12.4. The largest absolute Gasteiger partial charge is 0.396 e. The lowest BCUT2D eigenvalue weighted by atomic mass is 9.75. The molecule has 1 N–H and O–H groups in total. The quantitative estimate of drug-likeness (QED) is 0.805. The molecular formula is C12H22O3S. The van der Waals surface area contributed by atoms with E-state index in [2.05, 4.69) is 13.8 Å². The van der Waals surface area contributed by atoms with Crippen molar-refractivity contribution >= 4 is 9.84 Å². The van der Waals surface area contributed by atoms with Gasteiger partial charge in [0.05, 0.1) is 10.5 Å². The van der Waals surface area contributed by atoms with Crippen LogP contribution in [0.4, 0.5) is 0 Å². The minimum atomic E-state index is -2.99. The Labute approximate surface area is 98.2 Å². The normalized spacial score (nSPS) is 43.2. The molecule has 2 aliphatic rings. The molecule has 1 aliphatic carbocycles. The van der Waals surface area contributed by atoms with Crippen LogP contribution in [0.5, 0.6) is 0 Å². The first-order valence-corrected chi connectivity index (χ1v) is 7.59. The highest BCUT2D eigenvalue weighted by atomic mass is 32.2. The molecule has 2 atom stereocenters. The number of aliphatic hydroxyl groups excluding tert-OH is 1. The molecule has 16 heavy (non-hydrogen) atoms. The van der Waals surface area contributed by atoms with Crippen molar-refractivity contribution in [3.63, 3.8) is 0 Å². The van der Waals surface area contributed by atoms with Crippen LogP contribution >= 0.6 is 0 Å². The highest BCUT2D eigenvalue weighted by molar-refractivity contribution is 7.93. The average molecular weight is 246 g/mol. The molecule has 0 aromatic heterocycles. The fourth-order valence-corrected chi connectivity index (χ4v) is 5.61. The molecule has 1 saturated heterocycles. The maximum absolute atomic E-state index is 12.0. The van der Waals surface area contributed by atoms with E-state index in [1.54, 1.807) is 0 Å². The molecule has 94 valence electrons. The summed E-state index contributed by atoms with van der Waals surface area (Å²) in [6, 6.07) is 0. The van der Waals surface area contributed by atoms with Gasteiger partial charge in [-0.3, -0.25) is 0 Å². The van der Waals surface area contributed by atoms with Crippen LogP contribution in [0.2, 0.25) is 0 Å². The van der Waals surface area contributed by atoms with E-state index in [-0.39, 0.29) is 29.1 Å². The molecule has 2 fully saturated rings. The molecule has 0 aromatic carbocycles. The second-order valence-corrected chi connectivity index (χ2v) is 9.33. The van der Waals surface area contributed by atoms with E-state index >= 15 is 0 Å². The molecule has 1 saturated carbocycles. The Morgan fingerprint density at radius 1 is 1.25 bits per heavy atom. The van der Waals surface area contributed by atoms with Crippen molar-refractivity contribution in [2.45, 2.75) is 45.3 Å². The van der Waals surface area contributed by atoms with Gasteiger partial charge in [-0.2, -0.15) is 0 Å². The van der Waals surface area contributed by atoms with Gasteiger partial charge in [0.2, 0.25) is 0 Å². The third-order valence-electron chi connectivity index (χ3n) is 5.25. The standard InChI is InChI=1S/C12H22O3S/c1-10(2)7-12(10,8-13)9-5-6-16(14,15)11(9,3)4/h9,13H,5-8H2,1-4H3. The summed E-state index contributed by atoms with van der Waals surface area (Å²) in [5.74, 6) is 0.382. The first-order chi connectivity index (χ1) is 7.11. The van der Waals surface area contributed by atoms with Crippen molar-refractivity contribution in [3.05, 3.63) is 0 Å². The number of aliphatic hydroxyl groups is 1. The van der Waals surface area contributed by atoms with Crippen LogP contribution in [-0.2, 0) is 9.84 Å². The van der Waals surface area contributed by atoms with Crippen LogP contribution < -0.4 is 0 Å². The summed E-state index contributed by atoms with van der Waals surface area (Å²) in [6.07, 6.45) is 1.65. The van der Waals surface area contributed by atoms with E-state index in [0.29, 0.717) is 6.42 Å². The summed E-state index contributed by atoms with van der Waals surface area (Å²) in [5, 5.41) is 9.66. The Bertz CT molecular complexity index is 408. The molecule has 0 bridgehead atoms. The maximum atomic E-state index is 12.0. The van der Waals surface area contributed by atoms with Gasteiger partial charge >= 0.3 is 0 Å². The van der Waals surface area contributed by atoms with Crippen molar-refractivity contribution in [1.29, 1.82) is 0 Å². The lowest BCUT2D eigenvalue weighted by Gasteiger charge is -2.34. The number of rotatable bonds is 2. The Balaban J connectivity index is 2.39. The topological polar surface area (TPSA) is 54.4 Å². The molecule has 1 heterocycles. The van der Waals surface area contributed by atoms with Gasteiger partial charge < -0.3 is 5.11 Å². The Kier molecular flexibility index (Phi) is 2.33. The minimum Gasteiger partial charge on any atom is -0.396 e. The molecule has 3 nitrogen and oxygen atoms in total. The minimum absolute atomic E-state index is 0.0869. The molecular weight excluding hydrogens is 224 g/mol. The zero-order valence-electron chi connectivity index (χ0n) is 10.6. The van der Waals surface area contributed by atoms with Crippen LogP contribution in [0.25, 0.3) is 0 Å². The molecule has 2 unspecified atom stereocenters. The molecule has 4 heteroatoms.